The van der Waals surface area contributed by atoms with Gasteiger partial charge in [-0.05, 0) is 55.8 Å². The smallest absolute Gasteiger partial charge is 0.259 e. The van der Waals surface area contributed by atoms with Crippen LogP contribution in [0.4, 0.5) is 5.69 Å². The van der Waals surface area contributed by atoms with Crippen molar-refractivity contribution in [3.05, 3.63) is 54.1 Å². The molecular weight excluding hydrogens is 318 g/mol. The molecule has 0 aromatic heterocycles. The number of carbonyl (C=O) groups excluding carboxylic acids is 1. The Morgan fingerprint density at radius 3 is 2.56 bits per heavy atom. The zero-order chi connectivity index (χ0) is 18.1. The molecule has 0 radical (unpaired) electrons. The molecule has 6 heteroatoms. The van der Waals surface area contributed by atoms with E-state index in [1.165, 1.54) is 0 Å². The molecule has 132 valence electrons. The lowest BCUT2D eigenvalue weighted by Crippen LogP contribution is -2.26. The lowest BCUT2D eigenvalue weighted by Gasteiger charge is -2.08. The van der Waals surface area contributed by atoms with E-state index in [0.29, 0.717) is 6.61 Å². The van der Waals surface area contributed by atoms with Gasteiger partial charge in [-0.2, -0.15) is 5.10 Å². The van der Waals surface area contributed by atoms with E-state index in [4.69, 9.17) is 9.47 Å². The summed E-state index contributed by atoms with van der Waals surface area (Å²) in [6, 6.07) is 15.0. The van der Waals surface area contributed by atoms with Crippen LogP contribution in [0, 0.1) is 0 Å². The number of hydrogen-bond donors (Lipinski definition) is 2. The van der Waals surface area contributed by atoms with Gasteiger partial charge in [0.05, 0.1) is 26.0 Å². The van der Waals surface area contributed by atoms with Crippen LogP contribution in [0.2, 0.25) is 0 Å². The fourth-order valence-corrected chi connectivity index (χ4v) is 2.12. The summed E-state index contributed by atoms with van der Waals surface area (Å²) in [5.74, 6) is 1.31. The van der Waals surface area contributed by atoms with Crippen LogP contribution in [0.25, 0.3) is 0 Å². The Bertz CT molecular complexity index is 727. The second-order valence-corrected chi connectivity index (χ2v) is 5.28. The van der Waals surface area contributed by atoms with Crippen LogP contribution in [-0.4, -0.2) is 31.9 Å². The van der Waals surface area contributed by atoms with Crippen molar-refractivity contribution in [1.29, 1.82) is 0 Å². The topological polar surface area (TPSA) is 72.0 Å². The molecule has 0 spiro atoms. The number of ether oxygens (including phenoxy) is 2. The molecule has 0 aliphatic rings. The summed E-state index contributed by atoms with van der Waals surface area (Å²) in [6.45, 7) is 4.52. The average molecular weight is 341 g/mol. The first kappa shape index (κ1) is 18.3. The molecule has 25 heavy (non-hydrogen) atoms. The molecule has 0 saturated heterocycles. The number of rotatable bonds is 8. The van der Waals surface area contributed by atoms with Crippen molar-refractivity contribution in [3.8, 4) is 11.5 Å². The number of nitrogens with one attached hydrogen (secondary N) is 2. The van der Waals surface area contributed by atoms with Crippen LogP contribution in [0.1, 0.15) is 19.4 Å². The minimum atomic E-state index is -0.229. The maximum absolute atomic E-state index is 11.9. The molecule has 0 heterocycles. The first-order valence-corrected chi connectivity index (χ1v) is 8.06. The molecule has 2 rings (SSSR count). The minimum absolute atomic E-state index is 0.118. The third-order valence-electron chi connectivity index (χ3n) is 3.45. The summed E-state index contributed by atoms with van der Waals surface area (Å²) >= 11 is 0. The van der Waals surface area contributed by atoms with Crippen LogP contribution in [0.15, 0.2) is 53.6 Å². The Labute approximate surface area is 147 Å². The number of carbonyl (C=O) groups is 1. The lowest BCUT2D eigenvalue weighted by atomic mass is 10.1. The molecule has 1 amide bonds. The number of amides is 1. The third-order valence-corrected chi connectivity index (χ3v) is 3.45. The maximum Gasteiger partial charge on any atom is 0.259 e. The van der Waals surface area contributed by atoms with Gasteiger partial charge in [-0.15, -0.1) is 0 Å². The van der Waals surface area contributed by atoms with E-state index in [1.807, 2.05) is 62.4 Å². The predicted octanol–water partition coefficient (Wildman–Crippen LogP) is 3.05. The van der Waals surface area contributed by atoms with Crippen molar-refractivity contribution in [2.24, 2.45) is 5.10 Å². The molecule has 2 aromatic carbocycles. The summed E-state index contributed by atoms with van der Waals surface area (Å²) in [5, 5.41) is 7.15. The first-order valence-electron chi connectivity index (χ1n) is 8.06. The summed E-state index contributed by atoms with van der Waals surface area (Å²) < 4.78 is 10.5. The Hall–Kier alpha value is -3.02. The quantitative estimate of drug-likeness (QED) is 0.572. The van der Waals surface area contributed by atoms with E-state index in [-0.39, 0.29) is 12.5 Å². The van der Waals surface area contributed by atoms with E-state index in [1.54, 1.807) is 7.11 Å². The van der Waals surface area contributed by atoms with Crippen molar-refractivity contribution in [1.82, 2.24) is 5.43 Å². The molecule has 6 nitrogen and oxygen atoms in total. The van der Waals surface area contributed by atoms with Gasteiger partial charge in [0.1, 0.15) is 11.5 Å². The summed E-state index contributed by atoms with van der Waals surface area (Å²) in [7, 11) is 1.60. The molecule has 0 atom stereocenters. The van der Waals surface area contributed by atoms with Crippen molar-refractivity contribution in [3.63, 3.8) is 0 Å². The van der Waals surface area contributed by atoms with E-state index >= 15 is 0 Å². The van der Waals surface area contributed by atoms with Crippen molar-refractivity contribution < 1.29 is 14.3 Å². The second kappa shape index (κ2) is 9.32. The number of hydrogen-bond acceptors (Lipinski definition) is 5. The van der Waals surface area contributed by atoms with Crippen LogP contribution in [0.3, 0.4) is 0 Å². The van der Waals surface area contributed by atoms with Crippen LogP contribution >= 0.6 is 0 Å². The average Bonchev–Trinajstić information content (AvgIpc) is 2.65. The Balaban J connectivity index is 1.85. The summed E-state index contributed by atoms with van der Waals surface area (Å²) in [4.78, 5) is 11.9. The molecule has 2 aromatic rings. The highest BCUT2D eigenvalue weighted by Gasteiger charge is 2.03. The van der Waals surface area contributed by atoms with E-state index in [9.17, 15) is 4.79 Å². The summed E-state index contributed by atoms with van der Waals surface area (Å²) in [5.41, 5.74) is 4.99. The number of methoxy groups -OCH3 is 1. The van der Waals surface area contributed by atoms with E-state index in [0.717, 1.165) is 28.5 Å². The molecule has 0 saturated carbocycles. The fraction of sp³-hybridized carbons (Fsp3) is 0.263. The Kier molecular flexibility index (Phi) is 6.83. The van der Waals surface area contributed by atoms with Crippen LogP contribution in [0.5, 0.6) is 11.5 Å². The largest absolute Gasteiger partial charge is 0.497 e. The highest BCUT2D eigenvalue weighted by molar-refractivity contribution is 5.99. The van der Waals surface area contributed by atoms with Gasteiger partial charge < -0.3 is 14.8 Å². The number of anilines is 1. The SMILES string of the molecule is CCOc1ccc(/C(C)=N\NC(=O)CNc2cccc(OC)c2)cc1. The third kappa shape index (κ3) is 5.84. The van der Waals surface area contributed by atoms with Crippen molar-refractivity contribution in [2.45, 2.75) is 13.8 Å². The highest BCUT2D eigenvalue weighted by atomic mass is 16.5. The molecule has 0 bridgehead atoms. The van der Waals surface area contributed by atoms with Crippen molar-refractivity contribution in [2.75, 3.05) is 25.6 Å². The highest BCUT2D eigenvalue weighted by Crippen LogP contribution is 2.16. The zero-order valence-corrected chi connectivity index (χ0v) is 14.7. The fourth-order valence-electron chi connectivity index (χ4n) is 2.12. The standard InChI is InChI=1S/C19H23N3O3/c1-4-25-17-10-8-15(9-11-17)14(2)21-22-19(23)13-20-16-6-5-7-18(12-16)24-3/h5-12,20H,4,13H2,1-3H3,(H,22,23)/b21-14-. The van der Waals surface area contributed by atoms with Gasteiger partial charge >= 0.3 is 0 Å². The first-order chi connectivity index (χ1) is 12.1. The van der Waals surface area contributed by atoms with Gasteiger partial charge in [-0.1, -0.05) is 6.07 Å². The Morgan fingerprint density at radius 2 is 1.88 bits per heavy atom. The Morgan fingerprint density at radius 1 is 1.12 bits per heavy atom. The van der Waals surface area contributed by atoms with Crippen LogP contribution in [-0.2, 0) is 4.79 Å². The summed E-state index contributed by atoms with van der Waals surface area (Å²) in [6.07, 6.45) is 0. The van der Waals surface area contributed by atoms with Crippen LogP contribution < -0.4 is 20.2 Å². The lowest BCUT2D eigenvalue weighted by molar-refractivity contribution is -0.119. The number of benzene rings is 2. The number of nitrogens with zero attached hydrogens (tertiary/aromatic N) is 1. The second-order valence-electron chi connectivity index (χ2n) is 5.28. The molecular formula is C19H23N3O3. The maximum atomic E-state index is 11.9. The van der Waals surface area contributed by atoms with Crippen molar-refractivity contribution >= 4 is 17.3 Å². The molecule has 0 fully saturated rings. The van der Waals surface area contributed by atoms with Gasteiger partial charge in [0, 0.05) is 11.8 Å². The van der Waals surface area contributed by atoms with E-state index in [2.05, 4.69) is 15.8 Å². The van der Waals surface area contributed by atoms with Gasteiger partial charge in [0.2, 0.25) is 0 Å². The number of hydrazone groups is 1. The molecule has 2 N–H and O–H groups in total. The molecule has 0 aliphatic carbocycles. The molecule has 0 unspecified atom stereocenters. The monoisotopic (exact) mass is 341 g/mol. The van der Waals surface area contributed by atoms with Gasteiger partial charge in [-0.3, -0.25) is 4.79 Å². The molecule has 0 aliphatic heterocycles. The predicted molar refractivity (Wildman–Crippen MR) is 99.4 cm³/mol. The normalized spacial score (nSPS) is 10.9. The van der Waals surface area contributed by atoms with Gasteiger partial charge in [-0.25, -0.2) is 5.43 Å². The van der Waals surface area contributed by atoms with Gasteiger partial charge in [0.25, 0.3) is 5.91 Å². The zero-order valence-electron chi connectivity index (χ0n) is 14.7. The minimum Gasteiger partial charge on any atom is -0.497 e. The van der Waals surface area contributed by atoms with Gasteiger partial charge in [0.15, 0.2) is 0 Å². The van der Waals surface area contributed by atoms with E-state index < -0.39 is 0 Å².